The van der Waals surface area contributed by atoms with Crippen LogP contribution in [0.5, 0.6) is 0 Å². The molecule has 0 spiro atoms. The second-order valence-electron chi connectivity index (χ2n) is 3.65. The summed E-state index contributed by atoms with van der Waals surface area (Å²) in [6.45, 7) is 4.42. The molecule has 78 valence electrons. The van der Waals surface area contributed by atoms with E-state index in [-0.39, 0.29) is 0 Å². The van der Waals surface area contributed by atoms with Crippen molar-refractivity contribution >= 4 is 32.9 Å². The molecule has 0 aromatic carbocycles. The molecule has 0 aromatic heterocycles. The monoisotopic (exact) mass is 274 g/mol. The molecule has 2 nitrogen and oxygen atoms in total. The Kier molecular flexibility index (Phi) is 3.55. The number of hydrogen-bond acceptors (Lipinski definition) is 3. The second kappa shape index (κ2) is 4.71. The molecule has 0 atom stereocenters. The van der Waals surface area contributed by atoms with Gasteiger partial charge in [-0.05, 0) is 25.3 Å². The lowest BCUT2D eigenvalue weighted by Gasteiger charge is -2.33. The van der Waals surface area contributed by atoms with Gasteiger partial charge >= 0.3 is 0 Å². The minimum atomic E-state index is 1.05. The molecule has 1 fully saturated rings. The van der Waals surface area contributed by atoms with Crippen LogP contribution >= 0.6 is 27.7 Å². The van der Waals surface area contributed by atoms with Gasteiger partial charge < -0.3 is 4.90 Å². The molecule has 0 N–H and O–H groups in total. The number of rotatable bonds is 2. The molecule has 1 saturated heterocycles. The summed E-state index contributed by atoms with van der Waals surface area (Å²) in [6.07, 6.45) is 2.42. The summed E-state index contributed by atoms with van der Waals surface area (Å²) < 4.78 is 0. The van der Waals surface area contributed by atoms with E-state index in [9.17, 15) is 0 Å². The van der Waals surface area contributed by atoms with Gasteiger partial charge in [-0.15, -0.1) is 0 Å². The van der Waals surface area contributed by atoms with E-state index in [0.29, 0.717) is 0 Å². The third kappa shape index (κ3) is 2.16. The van der Waals surface area contributed by atoms with Crippen molar-refractivity contribution < 1.29 is 0 Å². The van der Waals surface area contributed by atoms with Crippen LogP contribution in [0.2, 0.25) is 0 Å². The highest BCUT2D eigenvalue weighted by molar-refractivity contribution is 9.09. The van der Waals surface area contributed by atoms with E-state index in [1.807, 2.05) is 11.8 Å². The van der Waals surface area contributed by atoms with E-state index in [2.05, 4.69) is 32.7 Å². The number of allylic oxidation sites excluding steroid dienone is 1. The highest BCUT2D eigenvalue weighted by Gasteiger charge is 2.22. The largest absolute Gasteiger partial charge is 0.347 e. The maximum atomic E-state index is 4.67. The van der Waals surface area contributed by atoms with Gasteiger partial charge in [-0.25, -0.2) is 4.99 Å². The van der Waals surface area contributed by atoms with E-state index >= 15 is 0 Å². The van der Waals surface area contributed by atoms with Crippen LogP contribution in [0, 0.1) is 0 Å². The lowest BCUT2D eigenvalue weighted by molar-refractivity contribution is 0.440. The van der Waals surface area contributed by atoms with Gasteiger partial charge in [0.25, 0.3) is 0 Å². The van der Waals surface area contributed by atoms with Crippen LogP contribution in [0.15, 0.2) is 16.3 Å². The summed E-state index contributed by atoms with van der Waals surface area (Å²) in [5.41, 5.74) is 2.73. The van der Waals surface area contributed by atoms with Gasteiger partial charge in [-0.1, -0.05) is 27.7 Å². The van der Waals surface area contributed by atoms with E-state index in [1.54, 1.807) is 0 Å². The highest BCUT2D eigenvalue weighted by Crippen LogP contribution is 2.26. The predicted octanol–water partition coefficient (Wildman–Crippen LogP) is 2.85. The Bertz CT molecular complexity index is 286. The van der Waals surface area contributed by atoms with Crippen LogP contribution in [-0.2, 0) is 0 Å². The van der Waals surface area contributed by atoms with Crippen LogP contribution in [0.1, 0.15) is 19.8 Å². The Morgan fingerprint density at radius 2 is 2.43 bits per heavy atom. The quantitative estimate of drug-likeness (QED) is 0.720. The van der Waals surface area contributed by atoms with Crippen molar-refractivity contribution in [1.29, 1.82) is 0 Å². The lowest BCUT2D eigenvalue weighted by Crippen LogP contribution is -2.38. The first-order valence-corrected chi connectivity index (χ1v) is 7.13. The first-order chi connectivity index (χ1) is 6.81. The zero-order valence-electron chi connectivity index (χ0n) is 8.42. The normalized spacial score (nSPS) is 22.1. The summed E-state index contributed by atoms with van der Waals surface area (Å²) >= 11 is 5.40. The smallest absolute Gasteiger partial charge is 0.164 e. The van der Waals surface area contributed by atoms with Crippen molar-refractivity contribution in [2.24, 2.45) is 4.99 Å². The fraction of sp³-hybridized carbons (Fsp3) is 0.700. The second-order valence-corrected chi connectivity index (χ2v) is 5.50. The fourth-order valence-electron chi connectivity index (χ4n) is 1.80. The minimum absolute atomic E-state index is 1.05. The third-order valence-electron chi connectivity index (χ3n) is 2.63. The first-order valence-electron chi connectivity index (χ1n) is 5.02. The van der Waals surface area contributed by atoms with Crippen molar-refractivity contribution in [2.75, 3.05) is 24.2 Å². The molecule has 0 amide bonds. The van der Waals surface area contributed by atoms with Crippen LogP contribution in [0.25, 0.3) is 0 Å². The van der Waals surface area contributed by atoms with Gasteiger partial charge in [-0.2, -0.15) is 0 Å². The SMILES string of the molecule is CC1=C(CCBr)CN2CCCSC2=N1. The molecule has 2 aliphatic heterocycles. The van der Waals surface area contributed by atoms with E-state index < -0.39 is 0 Å². The van der Waals surface area contributed by atoms with E-state index in [4.69, 9.17) is 0 Å². The molecule has 14 heavy (non-hydrogen) atoms. The molecule has 0 unspecified atom stereocenters. The van der Waals surface area contributed by atoms with Gasteiger partial charge in [0.15, 0.2) is 5.17 Å². The number of thioether (sulfide) groups is 1. The molecular formula is C10H15BrN2S. The summed E-state index contributed by atoms with van der Waals surface area (Å²) in [4.78, 5) is 7.08. The summed E-state index contributed by atoms with van der Waals surface area (Å²) in [5.74, 6) is 1.23. The van der Waals surface area contributed by atoms with Crippen LogP contribution < -0.4 is 0 Å². The molecule has 0 saturated carbocycles. The standard InChI is InChI=1S/C10H15BrN2S/c1-8-9(3-4-11)7-13-5-2-6-14-10(13)12-8/h2-7H2,1H3. The van der Waals surface area contributed by atoms with E-state index in [1.165, 1.54) is 35.2 Å². The summed E-state index contributed by atoms with van der Waals surface area (Å²) in [7, 11) is 0. The van der Waals surface area contributed by atoms with Crippen LogP contribution in [0.3, 0.4) is 0 Å². The Morgan fingerprint density at radius 3 is 3.21 bits per heavy atom. The summed E-state index contributed by atoms with van der Waals surface area (Å²) in [5, 5.41) is 2.29. The third-order valence-corrected chi connectivity index (χ3v) is 4.12. The number of halogens is 1. The maximum Gasteiger partial charge on any atom is 0.164 e. The van der Waals surface area contributed by atoms with Crippen LogP contribution in [-0.4, -0.2) is 34.2 Å². The minimum Gasteiger partial charge on any atom is -0.347 e. The topological polar surface area (TPSA) is 15.6 Å². The predicted molar refractivity (Wildman–Crippen MR) is 67.2 cm³/mol. The molecular weight excluding hydrogens is 260 g/mol. The zero-order chi connectivity index (χ0) is 9.97. The van der Waals surface area contributed by atoms with Gasteiger partial charge in [0.05, 0.1) is 0 Å². The Labute approximate surface area is 98.0 Å². The van der Waals surface area contributed by atoms with Gasteiger partial charge in [-0.3, -0.25) is 0 Å². The number of nitrogens with zero attached hydrogens (tertiary/aromatic N) is 2. The van der Waals surface area contributed by atoms with Gasteiger partial charge in [0.2, 0.25) is 0 Å². The number of amidine groups is 1. The average Bonchev–Trinajstić information content (AvgIpc) is 2.19. The van der Waals surface area contributed by atoms with Crippen molar-refractivity contribution in [1.82, 2.24) is 4.90 Å². The first kappa shape index (κ1) is 10.6. The molecule has 2 aliphatic rings. The zero-order valence-corrected chi connectivity index (χ0v) is 10.8. The fourth-order valence-corrected chi connectivity index (χ4v) is 3.27. The number of fused-ring (bicyclic) bond motifs is 1. The van der Waals surface area contributed by atoms with Crippen LogP contribution in [0.4, 0.5) is 0 Å². The molecule has 0 bridgehead atoms. The number of aliphatic imine (C=N–C) groups is 1. The van der Waals surface area contributed by atoms with Crippen molar-refractivity contribution in [2.45, 2.75) is 19.8 Å². The molecule has 0 aliphatic carbocycles. The Balaban J connectivity index is 2.15. The summed E-state index contributed by atoms with van der Waals surface area (Å²) in [6, 6.07) is 0. The van der Waals surface area contributed by atoms with Gasteiger partial charge in [0, 0.05) is 29.9 Å². The molecule has 4 heteroatoms. The maximum absolute atomic E-state index is 4.67. The van der Waals surface area contributed by atoms with Crippen molar-refractivity contribution in [3.63, 3.8) is 0 Å². The Morgan fingerprint density at radius 1 is 1.57 bits per heavy atom. The molecule has 2 heterocycles. The molecule has 0 radical (unpaired) electrons. The lowest BCUT2D eigenvalue weighted by atomic mass is 10.1. The molecule has 0 aromatic rings. The highest BCUT2D eigenvalue weighted by atomic mass is 79.9. The van der Waals surface area contributed by atoms with Crippen molar-refractivity contribution in [3.8, 4) is 0 Å². The van der Waals surface area contributed by atoms with E-state index in [0.717, 1.165) is 18.3 Å². The van der Waals surface area contributed by atoms with Gasteiger partial charge in [0.1, 0.15) is 0 Å². The number of alkyl halides is 1. The Hall–Kier alpha value is 0.0400. The number of hydrogen-bond donors (Lipinski definition) is 0. The van der Waals surface area contributed by atoms with Crippen molar-refractivity contribution in [3.05, 3.63) is 11.3 Å². The average molecular weight is 275 g/mol. The molecule has 2 rings (SSSR count).